The molecule has 0 aliphatic heterocycles. The fraction of sp³-hybridized carbons (Fsp3) is 0.417. The summed E-state index contributed by atoms with van der Waals surface area (Å²) in [6.45, 7) is 9.23. The maximum atomic E-state index is 4.04. The molecule has 15 heavy (non-hydrogen) atoms. The first-order chi connectivity index (χ1) is 7.18. The molecule has 1 heterocycles. The van der Waals surface area contributed by atoms with Gasteiger partial charge in [0.05, 0.1) is 0 Å². The molecule has 82 valence electrons. The van der Waals surface area contributed by atoms with Crippen LogP contribution in [-0.4, -0.2) is 23.3 Å². The first-order valence-corrected chi connectivity index (χ1v) is 6.10. The molecule has 0 unspecified atom stereocenters. The van der Waals surface area contributed by atoms with Gasteiger partial charge >= 0.3 is 0 Å². The quantitative estimate of drug-likeness (QED) is 0.592. The van der Waals surface area contributed by atoms with Gasteiger partial charge in [0.25, 0.3) is 0 Å². The molecule has 0 saturated heterocycles. The molecule has 0 spiro atoms. The first-order valence-electron chi connectivity index (χ1n) is 5.11. The van der Waals surface area contributed by atoms with Crippen LogP contribution in [0.1, 0.15) is 13.8 Å². The highest BCUT2D eigenvalue weighted by molar-refractivity contribution is 7.99. The van der Waals surface area contributed by atoms with Gasteiger partial charge in [0.2, 0.25) is 0 Å². The molecular weight excluding hydrogens is 204 g/mol. The summed E-state index contributed by atoms with van der Waals surface area (Å²) >= 11 is 1.80. The van der Waals surface area contributed by atoms with Crippen LogP contribution in [0.5, 0.6) is 0 Å². The second-order valence-corrected chi connectivity index (χ2v) is 4.81. The van der Waals surface area contributed by atoms with Crippen molar-refractivity contribution in [1.29, 1.82) is 0 Å². The number of rotatable bonds is 6. The Morgan fingerprint density at radius 3 is 2.73 bits per heavy atom. The van der Waals surface area contributed by atoms with E-state index in [-0.39, 0.29) is 0 Å². The number of nitrogens with one attached hydrogen (secondary N) is 1. The molecule has 0 saturated carbocycles. The van der Waals surface area contributed by atoms with Gasteiger partial charge in [-0.15, -0.1) is 11.8 Å². The van der Waals surface area contributed by atoms with E-state index in [1.165, 1.54) is 10.5 Å². The van der Waals surface area contributed by atoms with E-state index in [1.54, 1.807) is 11.8 Å². The Labute approximate surface area is 96.2 Å². The molecule has 3 heteroatoms. The lowest BCUT2D eigenvalue weighted by Crippen LogP contribution is -2.25. The molecule has 0 aliphatic carbocycles. The van der Waals surface area contributed by atoms with Crippen LogP contribution in [-0.2, 0) is 0 Å². The SMILES string of the molecule is C=C(CNC(C)C)CSc1ccncc1. The van der Waals surface area contributed by atoms with Crippen LogP contribution in [0, 0.1) is 0 Å². The van der Waals surface area contributed by atoms with E-state index < -0.39 is 0 Å². The predicted molar refractivity (Wildman–Crippen MR) is 67.2 cm³/mol. The number of pyridine rings is 1. The predicted octanol–water partition coefficient (Wildman–Crippen LogP) is 2.73. The molecule has 0 aliphatic rings. The lowest BCUT2D eigenvalue weighted by atomic mass is 10.3. The third-order valence-corrected chi connectivity index (χ3v) is 3.01. The van der Waals surface area contributed by atoms with Crippen molar-refractivity contribution in [2.75, 3.05) is 12.3 Å². The fourth-order valence-corrected chi connectivity index (χ4v) is 1.81. The summed E-state index contributed by atoms with van der Waals surface area (Å²) < 4.78 is 0. The summed E-state index contributed by atoms with van der Waals surface area (Å²) in [4.78, 5) is 5.23. The number of hydrogen-bond acceptors (Lipinski definition) is 3. The van der Waals surface area contributed by atoms with Crippen LogP contribution >= 0.6 is 11.8 Å². The number of nitrogens with zero attached hydrogens (tertiary/aromatic N) is 1. The van der Waals surface area contributed by atoms with Crippen molar-refractivity contribution in [1.82, 2.24) is 10.3 Å². The maximum Gasteiger partial charge on any atom is 0.0278 e. The molecule has 2 nitrogen and oxygen atoms in total. The molecule has 0 fully saturated rings. The van der Waals surface area contributed by atoms with Gasteiger partial charge in [0.15, 0.2) is 0 Å². The van der Waals surface area contributed by atoms with Crippen molar-refractivity contribution in [2.45, 2.75) is 24.8 Å². The minimum absolute atomic E-state index is 0.521. The summed E-state index contributed by atoms with van der Waals surface area (Å²) in [5.41, 5.74) is 1.23. The van der Waals surface area contributed by atoms with E-state index in [9.17, 15) is 0 Å². The Hall–Kier alpha value is -0.800. The monoisotopic (exact) mass is 222 g/mol. The Kier molecular flexibility index (Phi) is 5.43. The molecule has 1 N–H and O–H groups in total. The highest BCUT2D eigenvalue weighted by Gasteiger charge is 1.98. The fourth-order valence-electron chi connectivity index (χ4n) is 1.02. The summed E-state index contributed by atoms with van der Waals surface area (Å²) in [6.07, 6.45) is 3.63. The van der Waals surface area contributed by atoms with Crippen LogP contribution in [0.2, 0.25) is 0 Å². The molecule has 0 aromatic carbocycles. The van der Waals surface area contributed by atoms with E-state index in [0.717, 1.165) is 12.3 Å². The topological polar surface area (TPSA) is 24.9 Å². The van der Waals surface area contributed by atoms with Gasteiger partial charge in [-0.2, -0.15) is 0 Å². The molecule has 0 bridgehead atoms. The number of hydrogen-bond donors (Lipinski definition) is 1. The van der Waals surface area contributed by atoms with Crippen LogP contribution in [0.3, 0.4) is 0 Å². The third kappa shape index (κ3) is 5.60. The minimum Gasteiger partial charge on any atom is -0.311 e. The Balaban J connectivity index is 2.23. The average molecular weight is 222 g/mol. The molecular formula is C12H18N2S. The first kappa shape index (κ1) is 12.3. The Morgan fingerprint density at radius 2 is 2.13 bits per heavy atom. The third-order valence-electron chi connectivity index (χ3n) is 1.85. The zero-order valence-corrected chi connectivity index (χ0v) is 10.2. The van der Waals surface area contributed by atoms with Crippen molar-refractivity contribution < 1.29 is 0 Å². The lowest BCUT2D eigenvalue weighted by Gasteiger charge is -2.10. The zero-order valence-electron chi connectivity index (χ0n) is 9.36. The largest absolute Gasteiger partial charge is 0.311 e. The molecule has 0 amide bonds. The van der Waals surface area contributed by atoms with Gasteiger partial charge in [-0.05, 0) is 12.1 Å². The minimum atomic E-state index is 0.521. The van der Waals surface area contributed by atoms with Crippen LogP contribution in [0.15, 0.2) is 41.6 Å². The molecule has 0 atom stereocenters. The summed E-state index contributed by atoms with van der Waals surface area (Å²) in [5, 5.41) is 3.36. The van der Waals surface area contributed by atoms with E-state index in [4.69, 9.17) is 0 Å². The summed E-state index contributed by atoms with van der Waals surface area (Å²) in [7, 11) is 0. The number of aromatic nitrogens is 1. The van der Waals surface area contributed by atoms with Gasteiger partial charge in [-0.3, -0.25) is 4.98 Å². The second-order valence-electron chi connectivity index (χ2n) is 3.76. The molecule has 1 rings (SSSR count). The lowest BCUT2D eigenvalue weighted by molar-refractivity contribution is 0.623. The van der Waals surface area contributed by atoms with Crippen LogP contribution in [0.4, 0.5) is 0 Å². The molecule has 1 aromatic rings. The van der Waals surface area contributed by atoms with E-state index in [0.29, 0.717) is 6.04 Å². The average Bonchev–Trinajstić information content (AvgIpc) is 2.25. The standard InChI is InChI=1S/C12H18N2S/c1-10(2)14-8-11(3)9-15-12-4-6-13-7-5-12/h4-7,10,14H,3,8-9H2,1-2H3. The van der Waals surface area contributed by atoms with E-state index in [2.05, 4.69) is 30.7 Å². The zero-order chi connectivity index (χ0) is 11.1. The molecule has 1 aromatic heterocycles. The van der Waals surface area contributed by atoms with Crippen molar-refractivity contribution in [3.63, 3.8) is 0 Å². The maximum absolute atomic E-state index is 4.04. The van der Waals surface area contributed by atoms with Gasteiger partial charge in [-0.1, -0.05) is 26.0 Å². The Bertz CT molecular complexity index is 296. The van der Waals surface area contributed by atoms with Crippen LogP contribution < -0.4 is 5.32 Å². The van der Waals surface area contributed by atoms with Gasteiger partial charge in [0.1, 0.15) is 0 Å². The van der Waals surface area contributed by atoms with Gasteiger partial charge < -0.3 is 5.32 Å². The summed E-state index contributed by atoms with van der Waals surface area (Å²) in [6, 6.07) is 4.56. The van der Waals surface area contributed by atoms with Crippen LogP contribution in [0.25, 0.3) is 0 Å². The number of thioether (sulfide) groups is 1. The second kappa shape index (κ2) is 6.64. The van der Waals surface area contributed by atoms with Crippen molar-refractivity contribution in [2.24, 2.45) is 0 Å². The smallest absolute Gasteiger partial charge is 0.0278 e. The summed E-state index contributed by atoms with van der Waals surface area (Å²) in [5.74, 6) is 0.962. The normalized spacial score (nSPS) is 10.6. The van der Waals surface area contributed by atoms with E-state index >= 15 is 0 Å². The highest BCUT2D eigenvalue weighted by Crippen LogP contribution is 2.18. The van der Waals surface area contributed by atoms with E-state index in [1.807, 2.05) is 24.5 Å². The van der Waals surface area contributed by atoms with Crippen molar-refractivity contribution in [3.8, 4) is 0 Å². The van der Waals surface area contributed by atoms with Gasteiger partial charge in [-0.25, -0.2) is 0 Å². The Morgan fingerprint density at radius 1 is 1.47 bits per heavy atom. The van der Waals surface area contributed by atoms with Crippen molar-refractivity contribution in [3.05, 3.63) is 36.7 Å². The van der Waals surface area contributed by atoms with Gasteiger partial charge in [0, 0.05) is 35.6 Å². The molecule has 0 radical (unpaired) electrons. The van der Waals surface area contributed by atoms with Crippen molar-refractivity contribution >= 4 is 11.8 Å². The highest BCUT2D eigenvalue weighted by atomic mass is 32.2.